The van der Waals surface area contributed by atoms with E-state index in [2.05, 4.69) is 97.1 Å². The predicted octanol–water partition coefficient (Wildman–Crippen LogP) is 8.48. The molecule has 0 aromatic heterocycles. The quantitative estimate of drug-likeness (QED) is 0.264. The molecule has 6 rings (SSSR count). The summed E-state index contributed by atoms with van der Waals surface area (Å²) in [4.78, 5) is 0. The van der Waals surface area contributed by atoms with Crippen molar-refractivity contribution in [3.8, 4) is 22.3 Å². The van der Waals surface area contributed by atoms with Crippen LogP contribution in [-0.2, 0) is 0 Å². The van der Waals surface area contributed by atoms with Crippen molar-refractivity contribution in [2.75, 3.05) is 0 Å². The van der Waals surface area contributed by atoms with Gasteiger partial charge in [0, 0.05) is 0 Å². The third-order valence-corrected chi connectivity index (χ3v) is 5.96. The lowest BCUT2D eigenvalue weighted by Crippen LogP contribution is -1.86. The van der Waals surface area contributed by atoms with Crippen LogP contribution < -0.4 is 0 Å². The van der Waals surface area contributed by atoms with E-state index in [1.807, 2.05) is 18.2 Å². The standard InChI is InChI=1S/C30H20/c1-2-8-24-19-25(18-15-21(24)7-1)22-13-16-23(17-14-22)30-28-11-5-3-9-26(28)20-27-10-4-6-12-29(27)30/h1-20H/i1D. The van der Waals surface area contributed by atoms with E-state index < -0.39 is 0 Å². The molecule has 0 aliphatic heterocycles. The van der Waals surface area contributed by atoms with E-state index in [9.17, 15) is 0 Å². The van der Waals surface area contributed by atoms with Crippen molar-refractivity contribution in [2.24, 2.45) is 0 Å². The fourth-order valence-corrected chi connectivity index (χ4v) is 4.46. The van der Waals surface area contributed by atoms with E-state index in [1.54, 1.807) is 0 Å². The van der Waals surface area contributed by atoms with Gasteiger partial charge in [-0.1, -0.05) is 109 Å². The Bertz CT molecular complexity index is 1520. The summed E-state index contributed by atoms with van der Waals surface area (Å²) in [6, 6.07) is 41.2. The van der Waals surface area contributed by atoms with Crippen molar-refractivity contribution in [3.63, 3.8) is 0 Å². The lowest BCUT2D eigenvalue weighted by Gasteiger charge is -2.13. The van der Waals surface area contributed by atoms with E-state index >= 15 is 0 Å². The molecule has 0 radical (unpaired) electrons. The Morgan fingerprint density at radius 3 is 1.73 bits per heavy atom. The van der Waals surface area contributed by atoms with E-state index in [4.69, 9.17) is 1.37 Å². The van der Waals surface area contributed by atoms with Crippen molar-refractivity contribution in [1.82, 2.24) is 0 Å². The second-order valence-electron chi connectivity index (χ2n) is 7.76. The van der Waals surface area contributed by atoms with Crippen LogP contribution in [-0.4, -0.2) is 0 Å². The highest BCUT2D eigenvalue weighted by Crippen LogP contribution is 2.37. The van der Waals surface area contributed by atoms with E-state index in [0.29, 0.717) is 6.04 Å². The van der Waals surface area contributed by atoms with Crippen LogP contribution in [0, 0.1) is 0 Å². The van der Waals surface area contributed by atoms with Gasteiger partial charge in [0.05, 0.1) is 1.37 Å². The molecule has 0 nitrogen and oxygen atoms in total. The highest BCUT2D eigenvalue weighted by atomic mass is 14.1. The van der Waals surface area contributed by atoms with Gasteiger partial charge in [0.15, 0.2) is 0 Å². The highest BCUT2D eigenvalue weighted by molar-refractivity contribution is 6.12. The summed E-state index contributed by atoms with van der Waals surface area (Å²) in [6.45, 7) is 0. The molecule has 0 saturated heterocycles. The molecule has 6 aromatic rings. The van der Waals surface area contributed by atoms with Gasteiger partial charge in [-0.15, -0.1) is 0 Å². The minimum atomic E-state index is 0.548. The fraction of sp³-hybridized carbons (Fsp3) is 0. The first-order valence-corrected chi connectivity index (χ1v) is 10.3. The first-order valence-electron chi connectivity index (χ1n) is 10.8. The maximum atomic E-state index is 7.81. The number of benzene rings is 6. The highest BCUT2D eigenvalue weighted by Gasteiger charge is 2.10. The van der Waals surface area contributed by atoms with Gasteiger partial charge >= 0.3 is 0 Å². The normalized spacial score (nSPS) is 11.8. The minimum absolute atomic E-state index is 0.548. The smallest absolute Gasteiger partial charge is 0.0616 e. The SMILES string of the molecule is [2H]c1ccc2cc(-c3ccc(-c4c5ccccc5cc5ccccc45)cc3)ccc2c1. The molecule has 6 aromatic carbocycles. The number of hydrogen-bond donors (Lipinski definition) is 0. The van der Waals surface area contributed by atoms with Gasteiger partial charge < -0.3 is 0 Å². The topological polar surface area (TPSA) is 0 Å². The molecule has 140 valence electrons. The molecule has 0 aliphatic carbocycles. The molecule has 0 aliphatic rings. The first kappa shape index (κ1) is 16.0. The molecule has 0 spiro atoms. The van der Waals surface area contributed by atoms with Gasteiger partial charge in [-0.3, -0.25) is 0 Å². The number of fused-ring (bicyclic) bond motifs is 3. The minimum Gasteiger partial charge on any atom is -0.0616 e. The Morgan fingerprint density at radius 1 is 0.400 bits per heavy atom. The summed E-state index contributed by atoms with van der Waals surface area (Å²) in [5, 5.41) is 7.37. The zero-order chi connectivity index (χ0) is 20.8. The van der Waals surface area contributed by atoms with E-state index in [0.717, 1.165) is 10.8 Å². The van der Waals surface area contributed by atoms with Crippen molar-refractivity contribution >= 4 is 32.3 Å². The van der Waals surface area contributed by atoms with Crippen LogP contribution in [0.2, 0.25) is 0 Å². The van der Waals surface area contributed by atoms with Crippen molar-refractivity contribution in [1.29, 1.82) is 0 Å². The molecule has 0 amide bonds. The van der Waals surface area contributed by atoms with Crippen LogP contribution >= 0.6 is 0 Å². The number of rotatable bonds is 2. The third-order valence-electron chi connectivity index (χ3n) is 5.96. The Kier molecular flexibility index (Phi) is 3.65. The Hall–Kier alpha value is -3.90. The van der Waals surface area contributed by atoms with Gasteiger partial charge in [-0.2, -0.15) is 0 Å². The van der Waals surface area contributed by atoms with Crippen LogP contribution in [0.5, 0.6) is 0 Å². The van der Waals surface area contributed by atoms with Crippen molar-refractivity contribution in [2.45, 2.75) is 0 Å². The van der Waals surface area contributed by atoms with Gasteiger partial charge in [0.25, 0.3) is 0 Å². The lowest BCUT2D eigenvalue weighted by molar-refractivity contribution is 1.63. The first-order chi connectivity index (χ1) is 15.3. The second-order valence-corrected chi connectivity index (χ2v) is 7.76. The van der Waals surface area contributed by atoms with Crippen LogP contribution in [0.1, 0.15) is 1.37 Å². The zero-order valence-corrected chi connectivity index (χ0v) is 16.5. The summed E-state index contributed by atoms with van der Waals surface area (Å²) in [5.41, 5.74) is 4.92. The molecule has 0 unspecified atom stereocenters. The van der Waals surface area contributed by atoms with Crippen LogP contribution in [0.4, 0.5) is 0 Å². The van der Waals surface area contributed by atoms with Crippen LogP contribution in [0.15, 0.2) is 121 Å². The predicted molar refractivity (Wildman–Crippen MR) is 130 cm³/mol. The average molecular weight is 381 g/mol. The second kappa shape index (κ2) is 6.86. The Morgan fingerprint density at radius 2 is 1.00 bits per heavy atom. The molecule has 0 fully saturated rings. The maximum absolute atomic E-state index is 7.81. The summed E-state index contributed by atoms with van der Waals surface area (Å²) >= 11 is 0. The monoisotopic (exact) mass is 381 g/mol. The van der Waals surface area contributed by atoms with Gasteiger partial charge in [-0.05, 0) is 66.7 Å². The third kappa shape index (κ3) is 2.77. The number of hydrogen-bond acceptors (Lipinski definition) is 0. The Balaban J connectivity index is 1.50. The summed E-state index contributed by atoms with van der Waals surface area (Å²) in [7, 11) is 0. The molecule has 0 N–H and O–H groups in total. The summed E-state index contributed by atoms with van der Waals surface area (Å²) in [6.07, 6.45) is 0. The Labute approximate surface area is 177 Å². The lowest BCUT2D eigenvalue weighted by atomic mass is 9.91. The van der Waals surface area contributed by atoms with Crippen LogP contribution in [0.3, 0.4) is 0 Å². The largest absolute Gasteiger partial charge is 0.0623 e. The molecule has 0 bridgehead atoms. The molecule has 0 heterocycles. The van der Waals surface area contributed by atoms with Crippen molar-refractivity contribution < 1.29 is 1.37 Å². The molecule has 30 heavy (non-hydrogen) atoms. The fourth-order valence-electron chi connectivity index (χ4n) is 4.46. The average Bonchev–Trinajstić information content (AvgIpc) is 2.82. The van der Waals surface area contributed by atoms with E-state index in [-0.39, 0.29) is 0 Å². The molecular formula is C30H20. The van der Waals surface area contributed by atoms with Gasteiger partial charge in [-0.25, -0.2) is 0 Å². The molecule has 0 heteroatoms. The van der Waals surface area contributed by atoms with E-state index in [1.165, 1.54) is 43.8 Å². The molecule has 0 atom stereocenters. The van der Waals surface area contributed by atoms with Gasteiger partial charge in [0.2, 0.25) is 0 Å². The summed E-state index contributed by atoms with van der Waals surface area (Å²) < 4.78 is 7.81. The molecular weight excluding hydrogens is 360 g/mol. The zero-order valence-electron chi connectivity index (χ0n) is 17.5. The van der Waals surface area contributed by atoms with Crippen LogP contribution in [0.25, 0.3) is 54.6 Å². The van der Waals surface area contributed by atoms with Gasteiger partial charge in [0.1, 0.15) is 0 Å². The molecule has 0 saturated carbocycles. The van der Waals surface area contributed by atoms with Crippen molar-refractivity contribution in [3.05, 3.63) is 121 Å². The maximum Gasteiger partial charge on any atom is 0.0623 e. The summed E-state index contributed by atoms with van der Waals surface area (Å²) in [5.74, 6) is 0.